The fourth-order valence-corrected chi connectivity index (χ4v) is 3.15. The molecular formula is C20H18OS. The summed E-state index contributed by atoms with van der Waals surface area (Å²) in [7, 11) is 0. The van der Waals surface area contributed by atoms with Crippen molar-refractivity contribution in [3.8, 4) is 0 Å². The Hall–Kier alpha value is -2.19. The smallest absolute Gasteiger partial charge is 0.202 e. The molecule has 1 nitrogen and oxygen atoms in total. The lowest BCUT2D eigenvalue weighted by Gasteiger charge is -2.05. The van der Waals surface area contributed by atoms with Crippen LogP contribution < -0.4 is 0 Å². The van der Waals surface area contributed by atoms with Gasteiger partial charge in [0.05, 0.1) is 4.88 Å². The van der Waals surface area contributed by atoms with Crippen molar-refractivity contribution in [1.82, 2.24) is 0 Å². The maximum absolute atomic E-state index is 12.4. The summed E-state index contributed by atoms with van der Waals surface area (Å²) in [4.78, 5) is 13.2. The van der Waals surface area contributed by atoms with E-state index in [1.54, 1.807) is 0 Å². The van der Waals surface area contributed by atoms with Gasteiger partial charge in [-0.1, -0.05) is 54.1 Å². The highest BCUT2D eigenvalue weighted by molar-refractivity contribution is 7.12. The van der Waals surface area contributed by atoms with Crippen LogP contribution in [-0.4, -0.2) is 5.78 Å². The van der Waals surface area contributed by atoms with Crippen LogP contribution >= 0.6 is 11.3 Å². The van der Waals surface area contributed by atoms with E-state index in [0.29, 0.717) is 0 Å². The molecule has 3 aromatic rings. The minimum atomic E-state index is 0.118. The lowest BCUT2D eigenvalue weighted by Crippen LogP contribution is -2.00. The zero-order valence-corrected chi connectivity index (χ0v) is 13.4. The van der Waals surface area contributed by atoms with E-state index in [1.807, 2.05) is 35.7 Å². The molecule has 0 aliphatic heterocycles. The van der Waals surface area contributed by atoms with Gasteiger partial charge in [-0.25, -0.2) is 0 Å². The first-order chi connectivity index (χ1) is 10.7. The Morgan fingerprint density at radius 1 is 0.909 bits per heavy atom. The van der Waals surface area contributed by atoms with Crippen LogP contribution in [0.25, 0.3) is 0 Å². The van der Waals surface area contributed by atoms with E-state index < -0.39 is 0 Å². The van der Waals surface area contributed by atoms with Crippen LogP contribution in [0, 0.1) is 6.92 Å². The van der Waals surface area contributed by atoms with Gasteiger partial charge in [0.1, 0.15) is 0 Å². The van der Waals surface area contributed by atoms with Crippen molar-refractivity contribution in [2.75, 3.05) is 0 Å². The average Bonchev–Trinajstić information content (AvgIpc) is 3.08. The highest BCUT2D eigenvalue weighted by Crippen LogP contribution is 2.17. The number of ketones is 1. The fraction of sp³-hybridized carbons (Fsp3) is 0.150. The molecule has 0 fully saturated rings. The second-order valence-corrected chi connectivity index (χ2v) is 6.44. The molecule has 2 heteroatoms. The van der Waals surface area contributed by atoms with Gasteiger partial charge in [-0.15, -0.1) is 11.3 Å². The molecule has 0 aliphatic rings. The second kappa shape index (κ2) is 6.71. The number of aryl methyl sites for hydroxylation is 3. The lowest BCUT2D eigenvalue weighted by atomic mass is 10.0. The number of hydrogen-bond acceptors (Lipinski definition) is 2. The predicted octanol–water partition coefficient (Wildman–Crippen LogP) is 5.07. The van der Waals surface area contributed by atoms with Crippen molar-refractivity contribution < 1.29 is 4.79 Å². The standard InChI is InChI=1S/C20H18OS/c1-15-7-9-16(10-8-15)11-12-17-4-2-5-18(14-17)20(21)19-6-3-13-22-19/h2-10,13-14H,11-12H2,1H3. The van der Waals surface area contributed by atoms with Crippen LogP contribution in [0.4, 0.5) is 0 Å². The number of thiophene rings is 1. The quantitative estimate of drug-likeness (QED) is 0.601. The first-order valence-electron chi connectivity index (χ1n) is 7.45. The van der Waals surface area contributed by atoms with Gasteiger partial charge in [-0.3, -0.25) is 4.79 Å². The van der Waals surface area contributed by atoms with E-state index in [1.165, 1.54) is 28.0 Å². The molecule has 0 saturated heterocycles. The molecule has 3 rings (SSSR count). The Kier molecular flexibility index (Phi) is 4.50. The minimum Gasteiger partial charge on any atom is -0.288 e. The van der Waals surface area contributed by atoms with Crippen molar-refractivity contribution in [2.45, 2.75) is 19.8 Å². The number of benzene rings is 2. The molecule has 0 unspecified atom stereocenters. The molecule has 0 atom stereocenters. The van der Waals surface area contributed by atoms with E-state index in [-0.39, 0.29) is 5.78 Å². The molecule has 0 radical (unpaired) electrons. The van der Waals surface area contributed by atoms with Crippen LogP contribution in [0.5, 0.6) is 0 Å². The summed E-state index contributed by atoms with van der Waals surface area (Å²) in [6.07, 6.45) is 1.95. The molecule has 110 valence electrons. The summed E-state index contributed by atoms with van der Waals surface area (Å²) in [5, 5.41) is 1.94. The van der Waals surface area contributed by atoms with Crippen LogP contribution in [-0.2, 0) is 12.8 Å². The number of carbonyl (C=O) groups excluding carboxylic acids is 1. The van der Waals surface area contributed by atoms with Crippen LogP contribution in [0.2, 0.25) is 0 Å². The van der Waals surface area contributed by atoms with Gasteiger partial charge < -0.3 is 0 Å². The van der Waals surface area contributed by atoms with E-state index >= 15 is 0 Å². The zero-order valence-electron chi connectivity index (χ0n) is 12.6. The summed E-state index contributed by atoms with van der Waals surface area (Å²) < 4.78 is 0. The van der Waals surface area contributed by atoms with Gasteiger partial charge in [-0.2, -0.15) is 0 Å². The van der Waals surface area contributed by atoms with Crippen LogP contribution in [0.3, 0.4) is 0 Å². The topological polar surface area (TPSA) is 17.1 Å². The molecule has 0 saturated carbocycles. The zero-order chi connectivity index (χ0) is 15.4. The summed E-state index contributed by atoms with van der Waals surface area (Å²) in [6.45, 7) is 2.10. The Labute approximate surface area is 135 Å². The Morgan fingerprint density at radius 2 is 1.68 bits per heavy atom. The van der Waals surface area contributed by atoms with Crippen LogP contribution in [0.15, 0.2) is 66.0 Å². The van der Waals surface area contributed by atoms with Crippen molar-refractivity contribution in [3.63, 3.8) is 0 Å². The summed E-state index contributed by atoms with van der Waals surface area (Å²) in [5.41, 5.74) is 4.61. The van der Waals surface area contributed by atoms with Gasteiger partial charge in [0.2, 0.25) is 5.78 Å². The van der Waals surface area contributed by atoms with E-state index in [0.717, 1.165) is 23.3 Å². The Morgan fingerprint density at radius 3 is 2.41 bits per heavy atom. The average molecular weight is 306 g/mol. The molecule has 0 amide bonds. The van der Waals surface area contributed by atoms with Gasteiger partial charge >= 0.3 is 0 Å². The van der Waals surface area contributed by atoms with Gasteiger partial charge in [-0.05, 0) is 48.4 Å². The van der Waals surface area contributed by atoms with Crippen molar-refractivity contribution in [2.24, 2.45) is 0 Å². The second-order valence-electron chi connectivity index (χ2n) is 5.49. The number of hydrogen-bond donors (Lipinski definition) is 0. The van der Waals surface area contributed by atoms with E-state index in [2.05, 4.69) is 37.3 Å². The molecule has 0 bridgehead atoms. The van der Waals surface area contributed by atoms with E-state index in [4.69, 9.17) is 0 Å². The molecular weight excluding hydrogens is 288 g/mol. The fourth-order valence-electron chi connectivity index (χ4n) is 2.46. The largest absolute Gasteiger partial charge is 0.288 e. The van der Waals surface area contributed by atoms with Gasteiger partial charge in [0, 0.05) is 5.56 Å². The van der Waals surface area contributed by atoms with Crippen molar-refractivity contribution in [1.29, 1.82) is 0 Å². The molecule has 0 spiro atoms. The normalized spacial score (nSPS) is 10.6. The molecule has 2 aromatic carbocycles. The SMILES string of the molecule is Cc1ccc(CCc2cccc(C(=O)c3cccs3)c2)cc1. The number of carbonyl (C=O) groups is 1. The monoisotopic (exact) mass is 306 g/mol. The van der Waals surface area contributed by atoms with Crippen molar-refractivity contribution in [3.05, 3.63) is 93.2 Å². The van der Waals surface area contributed by atoms with Gasteiger partial charge in [0.15, 0.2) is 0 Å². The highest BCUT2D eigenvalue weighted by Gasteiger charge is 2.10. The summed E-state index contributed by atoms with van der Waals surface area (Å²) in [5.74, 6) is 0.118. The first kappa shape index (κ1) is 14.7. The maximum Gasteiger partial charge on any atom is 0.202 e. The third kappa shape index (κ3) is 3.52. The third-order valence-electron chi connectivity index (χ3n) is 3.76. The Bertz CT molecular complexity index is 755. The van der Waals surface area contributed by atoms with Crippen LogP contribution in [0.1, 0.15) is 31.9 Å². The molecule has 0 N–H and O–H groups in total. The molecule has 1 heterocycles. The molecule has 1 aromatic heterocycles. The van der Waals surface area contributed by atoms with E-state index in [9.17, 15) is 4.79 Å². The van der Waals surface area contributed by atoms with Gasteiger partial charge in [0.25, 0.3) is 0 Å². The third-order valence-corrected chi connectivity index (χ3v) is 4.63. The highest BCUT2D eigenvalue weighted by atomic mass is 32.1. The Balaban J connectivity index is 1.71. The number of rotatable bonds is 5. The summed E-state index contributed by atoms with van der Waals surface area (Å²) in [6, 6.07) is 20.4. The summed E-state index contributed by atoms with van der Waals surface area (Å²) >= 11 is 1.49. The van der Waals surface area contributed by atoms with Crippen molar-refractivity contribution >= 4 is 17.1 Å². The molecule has 0 aliphatic carbocycles. The maximum atomic E-state index is 12.4. The first-order valence-corrected chi connectivity index (χ1v) is 8.33. The lowest BCUT2D eigenvalue weighted by molar-refractivity contribution is 0.104. The minimum absolute atomic E-state index is 0.118. The predicted molar refractivity (Wildman–Crippen MR) is 92.8 cm³/mol. The molecule has 22 heavy (non-hydrogen) atoms.